The molecule has 0 radical (unpaired) electrons. The van der Waals surface area contributed by atoms with Gasteiger partial charge in [-0.2, -0.15) is 0 Å². The summed E-state index contributed by atoms with van der Waals surface area (Å²) >= 11 is 2.55. The number of H-pyrrole nitrogens is 1. The summed E-state index contributed by atoms with van der Waals surface area (Å²) in [4.78, 5) is 33.7. The Bertz CT molecular complexity index is 1060. The van der Waals surface area contributed by atoms with Crippen LogP contribution in [0.2, 0.25) is 0 Å². The number of aromatic amines is 1. The van der Waals surface area contributed by atoms with E-state index in [9.17, 15) is 14.0 Å². The number of thioether (sulfide) groups is 1. The zero-order valence-electron chi connectivity index (χ0n) is 15.4. The Labute approximate surface area is 164 Å². The van der Waals surface area contributed by atoms with Crippen molar-refractivity contribution in [1.29, 1.82) is 0 Å². The fourth-order valence-corrected chi connectivity index (χ4v) is 4.71. The number of nitrogens with zero attached hydrogens (tertiary/aromatic N) is 1. The molecule has 27 heavy (non-hydrogen) atoms. The average Bonchev–Trinajstić information content (AvgIpc) is 2.92. The van der Waals surface area contributed by atoms with E-state index in [0.29, 0.717) is 15.4 Å². The maximum absolute atomic E-state index is 13.2. The minimum atomic E-state index is -0.883. The van der Waals surface area contributed by atoms with E-state index >= 15 is 0 Å². The van der Waals surface area contributed by atoms with Gasteiger partial charge in [0.05, 0.1) is 12.0 Å². The topological polar surface area (TPSA) is 72.0 Å². The lowest BCUT2D eigenvalue weighted by atomic mass is 10.0. The molecule has 2 heterocycles. The standard InChI is InChI=1S/C19H19FN2O3S2/c1-5-25-17(24)19(3,4)27-18-21-15(23)14-13(10(2)26-16(14)22-18)11-6-8-12(20)9-7-11/h6-9H,5H2,1-4H3,(H,21,22,23). The number of carbonyl (C=O) groups excluding carboxylic acids is 1. The number of carbonyl (C=O) groups is 1. The van der Waals surface area contributed by atoms with Crippen LogP contribution in [0.15, 0.2) is 34.2 Å². The summed E-state index contributed by atoms with van der Waals surface area (Å²) in [6.07, 6.45) is 0. The maximum Gasteiger partial charge on any atom is 0.322 e. The third-order valence-electron chi connectivity index (χ3n) is 3.97. The van der Waals surface area contributed by atoms with Crippen LogP contribution in [0.5, 0.6) is 0 Å². The lowest BCUT2D eigenvalue weighted by molar-refractivity contribution is -0.145. The van der Waals surface area contributed by atoms with Crippen molar-refractivity contribution in [2.75, 3.05) is 6.61 Å². The van der Waals surface area contributed by atoms with Crippen LogP contribution in [0.1, 0.15) is 25.6 Å². The number of hydrogen-bond acceptors (Lipinski definition) is 6. The van der Waals surface area contributed by atoms with Gasteiger partial charge in [0.2, 0.25) is 0 Å². The smallest absolute Gasteiger partial charge is 0.322 e. The Hall–Kier alpha value is -2.19. The molecule has 3 rings (SSSR count). The van der Waals surface area contributed by atoms with E-state index in [0.717, 1.165) is 27.8 Å². The second kappa shape index (κ2) is 7.44. The molecule has 142 valence electrons. The van der Waals surface area contributed by atoms with Crippen molar-refractivity contribution >= 4 is 39.3 Å². The van der Waals surface area contributed by atoms with Crippen LogP contribution in [0.25, 0.3) is 21.3 Å². The molecular formula is C19H19FN2O3S2. The Morgan fingerprint density at radius 3 is 2.63 bits per heavy atom. The Balaban J connectivity index is 2.05. The molecule has 0 aliphatic rings. The normalized spacial score (nSPS) is 11.7. The van der Waals surface area contributed by atoms with Gasteiger partial charge in [0, 0.05) is 10.4 Å². The number of ether oxygens (including phenoxy) is 1. The highest BCUT2D eigenvalue weighted by Crippen LogP contribution is 2.37. The molecule has 3 aromatic rings. The molecule has 0 spiro atoms. The lowest BCUT2D eigenvalue weighted by Gasteiger charge is -2.20. The minimum absolute atomic E-state index is 0.286. The number of aromatic nitrogens is 2. The summed E-state index contributed by atoms with van der Waals surface area (Å²) in [5.74, 6) is -0.699. The molecule has 2 aromatic heterocycles. The van der Waals surface area contributed by atoms with Crippen molar-refractivity contribution in [3.63, 3.8) is 0 Å². The van der Waals surface area contributed by atoms with E-state index in [4.69, 9.17) is 4.74 Å². The minimum Gasteiger partial charge on any atom is -0.465 e. The predicted octanol–water partition coefficient (Wildman–Crippen LogP) is 4.53. The summed E-state index contributed by atoms with van der Waals surface area (Å²) in [5, 5.41) is 0.833. The molecule has 8 heteroatoms. The second-order valence-electron chi connectivity index (χ2n) is 6.42. The molecule has 0 saturated heterocycles. The van der Waals surface area contributed by atoms with Crippen molar-refractivity contribution in [3.05, 3.63) is 45.3 Å². The van der Waals surface area contributed by atoms with E-state index < -0.39 is 4.75 Å². The van der Waals surface area contributed by atoms with Crippen LogP contribution in [0, 0.1) is 12.7 Å². The fraction of sp³-hybridized carbons (Fsp3) is 0.316. The molecule has 0 unspecified atom stereocenters. The maximum atomic E-state index is 13.2. The number of aryl methyl sites for hydroxylation is 1. The molecule has 5 nitrogen and oxygen atoms in total. The Morgan fingerprint density at radius 1 is 1.33 bits per heavy atom. The van der Waals surface area contributed by atoms with Crippen LogP contribution in [0.4, 0.5) is 4.39 Å². The van der Waals surface area contributed by atoms with E-state index in [1.165, 1.54) is 23.5 Å². The molecule has 0 bridgehead atoms. The van der Waals surface area contributed by atoms with Gasteiger partial charge in [0.25, 0.3) is 5.56 Å². The molecule has 1 N–H and O–H groups in total. The highest BCUT2D eigenvalue weighted by Gasteiger charge is 2.32. The highest BCUT2D eigenvalue weighted by molar-refractivity contribution is 8.01. The van der Waals surface area contributed by atoms with Gasteiger partial charge in [0.1, 0.15) is 15.4 Å². The first-order chi connectivity index (χ1) is 12.7. The van der Waals surface area contributed by atoms with Gasteiger partial charge in [0.15, 0.2) is 5.16 Å². The van der Waals surface area contributed by atoms with Crippen molar-refractivity contribution < 1.29 is 13.9 Å². The number of benzene rings is 1. The van der Waals surface area contributed by atoms with E-state index in [1.807, 2.05) is 6.92 Å². The van der Waals surface area contributed by atoms with Crippen LogP contribution in [0.3, 0.4) is 0 Å². The van der Waals surface area contributed by atoms with E-state index in [1.54, 1.807) is 32.9 Å². The van der Waals surface area contributed by atoms with Gasteiger partial charge in [-0.25, -0.2) is 9.37 Å². The third-order valence-corrected chi connectivity index (χ3v) is 6.03. The molecule has 0 aliphatic heterocycles. The number of nitrogens with one attached hydrogen (secondary N) is 1. The summed E-state index contributed by atoms with van der Waals surface area (Å²) in [5.41, 5.74) is 1.23. The summed E-state index contributed by atoms with van der Waals surface area (Å²) in [7, 11) is 0. The van der Waals surface area contributed by atoms with Crippen molar-refractivity contribution in [3.8, 4) is 11.1 Å². The number of rotatable bonds is 5. The first kappa shape index (κ1) is 19.6. The quantitative estimate of drug-likeness (QED) is 0.383. The van der Waals surface area contributed by atoms with Crippen molar-refractivity contribution in [2.24, 2.45) is 0 Å². The second-order valence-corrected chi connectivity index (χ2v) is 9.24. The first-order valence-electron chi connectivity index (χ1n) is 8.38. The van der Waals surface area contributed by atoms with Crippen LogP contribution in [-0.2, 0) is 9.53 Å². The first-order valence-corrected chi connectivity index (χ1v) is 10.0. The Kier molecular flexibility index (Phi) is 5.39. The monoisotopic (exact) mass is 406 g/mol. The number of fused-ring (bicyclic) bond motifs is 1. The molecule has 0 atom stereocenters. The SMILES string of the molecule is CCOC(=O)C(C)(C)Sc1nc2sc(C)c(-c3ccc(F)cc3)c2c(=O)[nH]1. The number of esters is 1. The van der Waals surface area contributed by atoms with Crippen molar-refractivity contribution in [2.45, 2.75) is 37.6 Å². The zero-order valence-corrected chi connectivity index (χ0v) is 17.0. The molecule has 0 fully saturated rings. The van der Waals surface area contributed by atoms with Gasteiger partial charge in [-0.15, -0.1) is 11.3 Å². The van der Waals surface area contributed by atoms with Crippen LogP contribution in [-0.4, -0.2) is 27.3 Å². The third kappa shape index (κ3) is 3.91. The van der Waals surface area contributed by atoms with Gasteiger partial charge in [-0.1, -0.05) is 23.9 Å². The van der Waals surface area contributed by atoms with E-state index in [2.05, 4.69) is 9.97 Å². The average molecular weight is 407 g/mol. The largest absolute Gasteiger partial charge is 0.465 e. The molecule has 0 aliphatic carbocycles. The number of halogens is 1. The number of hydrogen-bond donors (Lipinski definition) is 1. The van der Waals surface area contributed by atoms with Gasteiger partial charge < -0.3 is 9.72 Å². The molecule has 0 amide bonds. The van der Waals surface area contributed by atoms with Crippen molar-refractivity contribution in [1.82, 2.24) is 9.97 Å². The fourth-order valence-electron chi connectivity index (χ4n) is 2.70. The summed E-state index contributed by atoms with van der Waals surface area (Å²) in [6.45, 7) is 7.39. The molecular weight excluding hydrogens is 387 g/mol. The van der Waals surface area contributed by atoms with Gasteiger partial charge in [-0.05, 0) is 45.4 Å². The highest BCUT2D eigenvalue weighted by atomic mass is 32.2. The summed E-state index contributed by atoms with van der Waals surface area (Å²) < 4.78 is 17.4. The molecule has 0 saturated carbocycles. The van der Waals surface area contributed by atoms with Gasteiger partial charge >= 0.3 is 5.97 Å². The number of thiophene rings is 1. The van der Waals surface area contributed by atoms with Gasteiger partial charge in [-0.3, -0.25) is 9.59 Å². The van der Waals surface area contributed by atoms with Crippen LogP contribution >= 0.6 is 23.1 Å². The Morgan fingerprint density at radius 2 is 2.00 bits per heavy atom. The zero-order chi connectivity index (χ0) is 19.8. The lowest BCUT2D eigenvalue weighted by Crippen LogP contribution is -2.30. The van der Waals surface area contributed by atoms with E-state index in [-0.39, 0.29) is 24.0 Å². The summed E-state index contributed by atoms with van der Waals surface area (Å²) in [6, 6.07) is 6.03. The predicted molar refractivity (Wildman–Crippen MR) is 107 cm³/mol. The van der Waals surface area contributed by atoms with Crippen LogP contribution < -0.4 is 5.56 Å². The molecule has 1 aromatic carbocycles.